The molecule has 0 aliphatic carbocycles. The highest BCUT2D eigenvalue weighted by atomic mass is 79.9. The summed E-state index contributed by atoms with van der Waals surface area (Å²) in [5.41, 5.74) is 1.61. The van der Waals surface area contributed by atoms with E-state index in [1.807, 2.05) is 30.3 Å². The zero-order chi connectivity index (χ0) is 24.5. The van der Waals surface area contributed by atoms with E-state index in [-0.39, 0.29) is 16.5 Å². The van der Waals surface area contributed by atoms with Gasteiger partial charge in [0.25, 0.3) is 5.91 Å². The molecule has 1 aliphatic heterocycles. The molecule has 0 saturated carbocycles. The van der Waals surface area contributed by atoms with Crippen LogP contribution in [-0.4, -0.2) is 27.0 Å². The molecule has 176 valence electrons. The van der Waals surface area contributed by atoms with E-state index < -0.39 is 23.5 Å². The molecule has 1 unspecified atom stereocenters. The van der Waals surface area contributed by atoms with E-state index in [0.29, 0.717) is 20.7 Å². The zero-order valence-corrected chi connectivity index (χ0v) is 21.7. The molecule has 11 heteroatoms. The van der Waals surface area contributed by atoms with Crippen LogP contribution in [0.4, 0.5) is 5.13 Å². The standard InChI is InChI=1S/C24H15BrClN3O4S2/c25-15-4-1-3-14(11-15)19-18(20(30)17-5-2-10-33-17)21(31)22(32)29(19)23-27-28-24(35-23)34-12-13-6-8-16(26)9-7-13/h1-11,19,31H,12H2. The first-order valence-electron chi connectivity index (χ1n) is 10.2. The SMILES string of the molecule is O=C(C1=C(O)C(=O)N(c2nnc(SCc3ccc(Cl)cc3)s2)C1c1cccc(Br)c1)c1ccco1. The molecule has 0 saturated heterocycles. The molecule has 1 amide bonds. The molecule has 4 aromatic rings. The monoisotopic (exact) mass is 587 g/mol. The highest BCUT2D eigenvalue weighted by Gasteiger charge is 2.46. The van der Waals surface area contributed by atoms with E-state index in [0.717, 1.165) is 10.0 Å². The Balaban J connectivity index is 1.48. The topological polar surface area (TPSA) is 96.5 Å². The Morgan fingerprint density at radius 3 is 2.69 bits per heavy atom. The van der Waals surface area contributed by atoms with Gasteiger partial charge in [-0.3, -0.25) is 14.5 Å². The van der Waals surface area contributed by atoms with E-state index >= 15 is 0 Å². The molecule has 7 nitrogen and oxygen atoms in total. The summed E-state index contributed by atoms with van der Waals surface area (Å²) in [6.07, 6.45) is 1.36. The Hall–Kier alpha value is -2.92. The molecule has 1 N–H and O–H groups in total. The van der Waals surface area contributed by atoms with Crippen LogP contribution in [-0.2, 0) is 10.5 Å². The molecule has 2 aromatic heterocycles. The summed E-state index contributed by atoms with van der Waals surface area (Å²) >= 11 is 12.1. The van der Waals surface area contributed by atoms with Crippen LogP contribution >= 0.6 is 50.6 Å². The van der Waals surface area contributed by atoms with Crippen LogP contribution in [0.25, 0.3) is 0 Å². The smallest absolute Gasteiger partial charge is 0.296 e. The Morgan fingerprint density at radius 1 is 1.17 bits per heavy atom. The summed E-state index contributed by atoms with van der Waals surface area (Å²) < 4.78 is 6.65. The number of carbonyl (C=O) groups is 2. The van der Waals surface area contributed by atoms with Gasteiger partial charge in [0.15, 0.2) is 15.9 Å². The third kappa shape index (κ3) is 4.79. The highest BCUT2D eigenvalue weighted by molar-refractivity contribution is 9.10. The van der Waals surface area contributed by atoms with Gasteiger partial charge in [-0.15, -0.1) is 10.2 Å². The van der Waals surface area contributed by atoms with Gasteiger partial charge < -0.3 is 9.52 Å². The number of carbonyl (C=O) groups excluding carboxylic acids is 2. The number of aliphatic hydroxyl groups excluding tert-OH is 1. The maximum atomic E-state index is 13.2. The number of benzene rings is 2. The van der Waals surface area contributed by atoms with Gasteiger partial charge in [0.1, 0.15) is 0 Å². The van der Waals surface area contributed by atoms with Crippen LogP contribution in [0.2, 0.25) is 5.02 Å². The Bertz CT molecular complexity index is 1440. The summed E-state index contributed by atoms with van der Waals surface area (Å²) in [6, 6.07) is 16.8. The second kappa shape index (κ2) is 9.98. The highest BCUT2D eigenvalue weighted by Crippen LogP contribution is 2.44. The third-order valence-electron chi connectivity index (χ3n) is 5.24. The van der Waals surface area contributed by atoms with Crippen LogP contribution in [0, 0.1) is 0 Å². The van der Waals surface area contributed by atoms with Crippen molar-refractivity contribution in [3.05, 3.63) is 105 Å². The number of anilines is 1. The van der Waals surface area contributed by atoms with Crippen molar-refractivity contribution in [3.63, 3.8) is 0 Å². The summed E-state index contributed by atoms with van der Waals surface area (Å²) in [6.45, 7) is 0. The molecule has 0 bridgehead atoms. The molecule has 5 rings (SSSR count). The van der Waals surface area contributed by atoms with Crippen molar-refractivity contribution < 1.29 is 19.1 Å². The van der Waals surface area contributed by atoms with Crippen molar-refractivity contribution in [1.82, 2.24) is 10.2 Å². The van der Waals surface area contributed by atoms with Crippen LogP contribution in [0.5, 0.6) is 0 Å². The van der Waals surface area contributed by atoms with Gasteiger partial charge in [0, 0.05) is 15.2 Å². The van der Waals surface area contributed by atoms with Crippen molar-refractivity contribution in [2.75, 3.05) is 4.90 Å². The van der Waals surface area contributed by atoms with Crippen molar-refractivity contribution in [2.45, 2.75) is 16.1 Å². The molecular weight excluding hydrogens is 574 g/mol. The molecule has 1 aliphatic rings. The van der Waals surface area contributed by atoms with Gasteiger partial charge in [0.05, 0.1) is 17.9 Å². The number of hydrogen-bond acceptors (Lipinski definition) is 8. The molecule has 1 atom stereocenters. The summed E-state index contributed by atoms with van der Waals surface area (Å²) in [5, 5.41) is 20.2. The van der Waals surface area contributed by atoms with Gasteiger partial charge in [-0.2, -0.15) is 0 Å². The molecule has 0 radical (unpaired) electrons. The predicted molar refractivity (Wildman–Crippen MR) is 138 cm³/mol. The Kier molecular flexibility index (Phi) is 6.79. The number of aromatic nitrogens is 2. The lowest BCUT2D eigenvalue weighted by molar-refractivity contribution is -0.117. The van der Waals surface area contributed by atoms with Crippen LogP contribution in [0.15, 0.2) is 91.5 Å². The average molecular weight is 589 g/mol. The second-order valence-electron chi connectivity index (χ2n) is 7.47. The molecule has 0 spiro atoms. The number of halogens is 2. The maximum Gasteiger partial charge on any atom is 0.296 e. The number of ketones is 1. The number of nitrogens with zero attached hydrogens (tertiary/aromatic N) is 3. The molecule has 0 fully saturated rings. The number of furan rings is 1. The summed E-state index contributed by atoms with van der Waals surface area (Å²) in [7, 11) is 0. The van der Waals surface area contributed by atoms with Crippen LogP contribution in [0.1, 0.15) is 27.7 Å². The van der Waals surface area contributed by atoms with Crippen molar-refractivity contribution in [3.8, 4) is 0 Å². The molecule has 3 heterocycles. The maximum absolute atomic E-state index is 13.2. The van der Waals surface area contributed by atoms with E-state index in [4.69, 9.17) is 16.0 Å². The lowest BCUT2D eigenvalue weighted by atomic mass is 9.95. The van der Waals surface area contributed by atoms with Crippen LogP contribution < -0.4 is 4.90 Å². The Labute approximate surface area is 221 Å². The first-order chi connectivity index (χ1) is 16.9. The molecule has 2 aromatic carbocycles. The number of aliphatic hydroxyl groups is 1. The average Bonchev–Trinajstić information content (AvgIpc) is 3.59. The predicted octanol–water partition coefficient (Wildman–Crippen LogP) is 6.62. The second-order valence-corrected chi connectivity index (χ2v) is 11.0. The fourth-order valence-electron chi connectivity index (χ4n) is 3.65. The van der Waals surface area contributed by atoms with Crippen molar-refractivity contribution in [1.29, 1.82) is 0 Å². The number of hydrogen-bond donors (Lipinski definition) is 1. The van der Waals surface area contributed by atoms with Crippen molar-refractivity contribution >= 4 is 67.5 Å². The molecule has 35 heavy (non-hydrogen) atoms. The van der Waals surface area contributed by atoms with Gasteiger partial charge in [0.2, 0.25) is 10.9 Å². The van der Waals surface area contributed by atoms with Gasteiger partial charge >= 0.3 is 0 Å². The minimum atomic E-state index is -0.903. The Morgan fingerprint density at radius 2 is 1.97 bits per heavy atom. The first kappa shape index (κ1) is 23.8. The van der Waals surface area contributed by atoms with E-state index in [2.05, 4.69) is 26.1 Å². The third-order valence-corrected chi connectivity index (χ3v) is 8.11. The number of rotatable bonds is 7. The minimum absolute atomic E-state index is 0.0256. The van der Waals surface area contributed by atoms with E-state index in [1.54, 1.807) is 24.3 Å². The van der Waals surface area contributed by atoms with Crippen LogP contribution in [0.3, 0.4) is 0 Å². The van der Waals surface area contributed by atoms with E-state index in [9.17, 15) is 14.7 Å². The largest absolute Gasteiger partial charge is 0.503 e. The first-order valence-corrected chi connectivity index (χ1v) is 13.2. The quantitative estimate of drug-likeness (QED) is 0.147. The lowest BCUT2D eigenvalue weighted by Gasteiger charge is -2.24. The number of Topliss-reactive ketones (excluding diaryl/α,β-unsaturated/α-hetero) is 1. The van der Waals surface area contributed by atoms with Gasteiger partial charge in [-0.1, -0.05) is 74.9 Å². The number of amides is 1. The minimum Gasteiger partial charge on any atom is -0.503 e. The normalized spacial score (nSPS) is 15.8. The summed E-state index contributed by atoms with van der Waals surface area (Å²) in [4.78, 5) is 27.8. The fraction of sp³-hybridized carbons (Fsp3) is 0.0833. The fourth-order valence-corrected chi connectivity index (χ4v) is 6.02. The number of thioether (sulfide) groups is 1. The lowest BCUT2D eigenvalue weighted by Crippen LogP contribution is -2.31. The van der Waals surface area contributed by atoms with Gasteiger partial charge in [-0.25, -0.2) is 0 Å². The zero-order valence-electron chi connectivity index (χ0n) is 17.7. The van der Waals surface area contributed by atoms with Crippen molar-refractivity contribution in [2.24, 2.45) is 0 Å². The molecular formula is C24H15BrClN3O4S2. The van der Waals surface area contributed by atoms with E-state index in [1.165, 1.54) is 40.3 Å². The summed E-state index contributed by atoms with van der Waals surface area (Å²) in [5.74, 6) is -1.27. The van der Waals surface area contributed by atoms with Gasteiger partial charge in [-0.05, 0) is 47.5 Å².